The minimum Gasteiger partial charge on any atom is -0.357 e. The van der Waals surface area contributed by atoms with Gasteiger partial charge in [0.05, 0.1) is 13.1 Å². The van der Waals surface area contributed by atoms with Gasteiger partial charge in [-0.2, -0.15) is 0 Å². The Hall–Kier alpha value is -2.28. The van der Waals surface area contributed by atoms with Crippen molar-refractivity contribution in [1.82, 2.24) is 20.4 Å². The van der Waals surface area contributed by atoms with E-state index in [2.05, 4.69) is 15.6 Å². The van der Waals surface area contributed by atoms with Gasteiger partial charge in [-0.05, 0) is 24.6 Å². The van der Waals surface area contributed by atoms with Crippen LogP contribution in [0.4, 0.5) is 0 Å². The van der Waals surface area contributed by atoms with Crippen molar-refractivity contribution in [2.75, 3.05) is 39.3 Å². The number of nitrogens with one attached hydrogen (secondary N) is 2. The van der Waals surface area contributed by atoms with Crippen molar-refractivity contribution in [3.8, 4) is 0 Å². The molecule has 1 aliphatic heterocycles. The Morgan fingerprint density at radius 2 is 1.96 bits per heavy atom. The van der Waals surface area contributed by atoms with Crippen LogP contribution in [0.2, 0.25) is 5.02 Å². The molecule has 0 aromatic heterocycles. The van der Waals surface area contributed by atoms with E-state index in [0.29, 0.717) is 50.3 Å². The molecule has 0 aliphatic carbocycles. The maximum Gasteiger partial charge on any atom is 0.242 e. The summed E-state index contributed by atoms with van der Waals surface area (Å²) in [4.78, 5) is 31.7. The number of rotatable bonds is 6. The van der Waals surface area contributed by atoms with Crippen LogP contribution in [0.1, 0.15) is 19.4 Å². The molecule has 0 bridgehead atoms. The zero-order valence-corrected chi connectivity index (χ0v) is 16.1. The molecule has 0 saturated carbocycles. The van der Waals surface area contributed by atoms with Gasteiger partial charge in [0.2, 0.25) is 11.8 Å². The van der Waals surface area contributed by atoms with Gasteiger partial charge >= 0.3 is 0 Å². The molecule has 1 heterocycles. The zero-order valence-electron chi connectivity index (χ0n) is 15.3. The van der Waals surface area contributed by atoms with E-state index < -0.39 is 0 Å². The quantitative estimate of drug-likeness (QED) is 0.440. The normalized spacial score (nSPS) is 15.2. The molecule has 0 radical (unpaired) electrons. The van der Waals surface area contributed by atoms with E-state index in [1.54, 1.807) is 0 Å². The second-order valence-corrected chi connectivity index (χ2v) is 6.52. The number of carbonyl (C=O) groups excluding carboxylic acids is 2. The molecule has 8 heteroatoms. The first-order chi connectivity index (χ1) is 12.5. The summed E-state index contributed by atoms with van der Waals surface area (Å²) < 4.78 is 0. The van der Waals surface area contributed by atoms with Crippen molar-refractivity contribution in [3.63, 3.8) is 0 Å². The third-order valence-corrected chi connectivity index (χ3v) is 4.24. The maximum absolute atomic E-state index is 12.5. The third-order valence-electron chi connectivity index (χ3n) is 3.99. The maximum atomic E-state index is 12.5. The highest BCUT2D eigenvalue weighted by Crippen LogP contribution is 2.13. The number of hydrogen-bond donors (Lipinski definition) is 2. The zero-order chi connectivity index (χ0) is 18.9. The van der Waals surface area contributed by atoms with Gasteiger partial charge in [0.25, 0.3) is 0 Å². The second kappa shape index (κ2) is 10.0. The highest BCUT2D eigenvalue weighted by Gasteiger charge is 2.25. The average Bonchev–Trinajstić information content (AvgIpc) is 2.61. The Morgan fingerprint density at radius 3 is 2.58 bits per heavy atom. The Labute approximate surface area is 159 Å². The van der Waals surface area contributed by atoms with Crippen LogP contribution in [-0.2, 0) is 16.1 Å². The highest BCUT2D eigenvalue weighted by molar-refractivity contribution is 6.30. The van der Waals surface area contributed by atoms with E-state index in [-0.39, 0.29) is 11.8 Å². The van der Waals surface area contributed by atoms with Crippen molar-refractivity contribution in [2.45, 2.75) is 20.4 Å². The molecule has 1 saturated heterocycles. The summed E-state index contributed by atoms with van der Waals surface area (Å²) in [5, 5.41) is 6.62. The lowest BCUT2D eigenvalue weighted by Crippen LogP contribution is -2.55. The van der Waals surface area contributed by atoms with E-state index in [4.69, 9.17) is 11.6 Å². The largest absolute Gasteiger partial charge is 0.357 e. The summed E-state index contributed by atoms with van der Waals surface area (Å²) in [6, 6.07) is 7.55. The van der Waals surface area contributed by atoms with E-state index in [9.17, 15) is 9.59 Å². The lowest BCUT2D eigenvalue weighted by atomic mass is 10.2. The molecular formula is C18H26ClN5O2. The third kappa shape index (κ3) is 6.22. The minimum atomic E-state index is -0.0730. The number of halogens is 1. The number of aliphatic imine (C=N–C) groups is 1. The molecule has 1 aromatic rings. The summed E-state index contributed by atoms with van der Waals surface area (Å²) in [6.45, 7) is 7.37. The van der Waals surface area contributed by atoms with Crippen molar-refractivity contribution >= 4 is 29.4 Å². The van der Waals surface area contributed by atoms with E-state index in [1.807, 2.05) is 41.0 Å². The molecule has 1 aromatic carbocycles. The SMILES string of the molecule is CCNC(=NCCNC(C)=O)N1CCN(Cc2ccc(Cl)cc2)C(=O)C1. The van der Waals surface area contributed by atoms with Crippen LogP contribution in [0.25, 0.3) is 0 Å². The number of guanidine groups is 1. The standard InChI is InChI=1S/C18H26ClN5O2/c1-3-20-18(22-9-8-21-14(2)25)24-11-10-23(17(26)13-24)12-15-4-6-16(19)7-5-15/h4-7H,3,8-13H2,1-2H3,(H,20,22)(H,21,25). The van der Waals surface area contributed by atoms with Crippen LogP contribution in [0.15, 0.2) is 29.3 Å². The second-order valence-electron chi connectivity index (χ2n) is 6.08. The fourth-order valence-corrected chi connectivity index (χ4v) is 2.81. The molecule has 142 valence electrons. The summed E-state index contributed by atoms with van der Waals surface area (Å²) >= 11 is 5.91. The molecule has 2 amide bonds. The first kappa shape index (κ1) is 20.0. The molecule has 1 fully saturated rings. The lowest BCUT2D eigenvalue weighted by molar-refractivity contribution is -0.135. The predicted octanol–water partition coefficient (Wildman–Crippen LogP) is 1.09. The van der Waals surface area contributed by atoms with Gasteiger partial charge in [0.1, 0.15) is 0 Å². The van der Waals surface area contributed by atoms with Gasteiger partial charge in [0, 0.05) is 44.7 Å². The minimum absolute atomic E-state index is 0.0682. The number of carbonyl (C=O) groups is 2. The fraction of sp³-hybridized carbons (Fsp3) is 0.500. The van der Waals surface area contributed by atoms with Crippen LogP contribution in [-0.4, -0.2) is 66.8 Å². The molecule has 2 N–H and O–H groups in total. The van der Waals surface area contributed by atoms with Gasteiger partial charge in [0.15, 0.2) is 5.96 Å². The van der Waals surface area contributed by atoms with Crippen LogP contribution >= 0.6 is 11.6 Å². The fourth-order valence-electron chi connectivity index (χ4n) is 2.69. The summed E-state index contributed by atoms with van der Waals surface area (Å²) in [7, 11) is 0. The number of nitrogens with zero attached hydrogens (tertiary/aromatic N) is 3. The summed E-state index contributed by atoms with van der Waals surface area (Å²) in [6.07, 6.45) is 0. The molecule has 7 nitrogen and oxygen atoms in total. The van der Waals surface area contributed by atoms with Crippen LogP contribution in [0.3, 0.4) is 0 Å². The number of benzene rings is 1. The highest BCUT2D eigenvalue weighted by atomic mass is 35.5. The van der Waals surface area contributed by atoms with Crippen molar-refractivity contribution in [3.05, 3.63) is 34.9 Å². The Kier molecular flexibility index (Phi) is 7.72. The predicted molar refractivity (Wildman–Crippen MR) is 103 cm³/mol. The molecule has 26 heavy (non-hydrogen) atoms. The molecule has 1 aliphatic rings. The van der Waals surface area contributed by atoms with Crippen LogP contribution < -0.4 is 10.6 Å². The summed E-state index contributed by atoms with van der Waals surface area (Å²) in [5.41, 5.74) is 1.06. The Balaban J connectivity index is 1.91. The van der Waals surface area contributed by atoms with Crippen molar-refractivity contribution < 1.29 is 9.59 Å². The van der Waals surface area contributed by atoms with E-state index in [1.165, 1.54) is 6.92 Å². The van der Waals surface area contributed by atoms with Gasteiger partial charge in [-0.25, -0.2) is 0 Å². The van der Waals surface area contributed by atoms with Gasteiger partial charge in [-0.15, -0.1) is 0 Å². The number of hydrogen-bond acceptors (Lipinski definition) is 3. The Bertz CT molecular complexity index is 647. The smallest absolute Gasteiger partial charge is 0.242 e. The summed E-state index contributed by atoms with van der Waals surface area (Å²) in [5.74, 6) is 0.701. The lowest BCUT2D eigenvalue weighted by Gasteiger charge is -2.36. The van der Waals surface area contributed by atoms with Gasteiger partial charge in [-0.1, -0.05) is 23.7 Å². The first-order valence-corrected chi connectivity index (χ1v) is 9.17. The van der Waals surface area contributed by atoms with Gasteiger partial charge < -0.3 is 20.4 Å². The van der Waals surface area contributed by atoms with E-state index in [0.717, 1.165) is 12.1 Å². The molecular weight excluding hydrogens is 354 g/mol. The van der Waals surface area contributed by atoms with Crippen molar-refractivity contribution in [2.24, 2.45) is 4.99 Å². The average molecular weight is 380 g/mol. The molecule has 2 rings (SSSR count). The van der Waals surface area contributed by atoms with Crippen LogP contribution in [0, 0.1) is 0 Å². The topological polar surface area (TPSA) is 77.0 Å². The molecule has 0 spiro atoms. The first-order valence-electron chi connectivity index (χ1n) is 8.79. The number of piperazine rings is 1. The van der Waals surface area contributed by atoms with Crippen molar-refractivity contribution in [1.29, 1.82) is 0 Å². The number of amides is 2. The Morgan fingerprint density at radius 1 is 1.23 bits per heavy atom. The monoisotopic (exact) mass is 379 g/mol. The van der Waals surface area contributed by atoms with Gasteiger partial charge in [-0.3, -0.25) is 14.6 Å². The van der Waals surface area contributed by atoms with E-state index >= 15 is 0 Å². The molecule has 0 unspecified atom stereocenters. The molecule has 0 atom stereocenters. The van der Waals surface area contributed by atoms with Crippen LogP contribution in [0.5, 0.6) is 0 Å².